The summed E-state index contributed by atoms with van der Waals surface area (Å²) in [5.74, 6) is 1.52. The van der Waals surface area contributed by atoms with E-state index in [-0.39, 0.29) is 11.3 Å². The summed E-state index contributed by atoms with van der Waals surface area (Å²) in [5.41, 5.74) is 6.60. The lowest BCUT2D eigenvalue weighted by molar-refractivity contribution is -0.130. The van der Waals surface area contributed by atoms with Gasteiger partial charge in [-0.25, -0.2) is 0 Å². The van der Waals surface area contributed by atoms with E-state index in [9.17, 15) is 4.79 Å². The second-order valence-electron chi connectivity index (χ2n) is 5.89. The molecule has 1 aromatic rings. The second-order valence-corrected chi connectivity index (χ2v) is 5.89. The molecule has 0 saturated heterocycles. The first-order chi connectivity index (χ1) is 10.6. The van der Waals surface area contributed by atoms with Crippen molar-refractivity contribution in [2.75, 3.05) is 27.3 Å². The number of nitrogens with one attached hydrogen (secondary N) is 1. The molecule has 1 aromatic carbocycles. The van der Waals surface area contributed by atoms with Crippen LogP contribution in [0.4, 0.5) is 0 Å². The number of ether oxygens (including phenoxy) is 2. The van der Waals surface area contributed by atoms with Crippen LogP contribution in [0.1, 0.15) is 31.2 Å². The van der Waals surface area contributed by atoms with Crippen molar-refractivity contribution in [3.8, 4) is 11.5 Å². The van der Waals surface area contributed by atoms with Gasteiger partial charge in [-0.15, -0.1) is 0 Å². The van der Waals surface area contributed by atoms with Crippen molar-refractivity contribution in [2.24, 2.45) is 11.1 Å². The number of carbonyl (C=O) groups is 1. The van der Waals surface area contributed by atoms with Gasteiger partial charge in [-0.3, -0.25) is 4.79 Å². The number of hydrogen-bond donors (Lipinski definition) is 2. The quantitative estimate of drug-likeness (QED) is 0.806. The van der Waals surface area contributed by atoms with E-state index in [0.717, 1.165) is 37.7 Å². The molecule has 5 nitrogen and oxygen atoms in total. The van der Waals surface area contributed by atoms with Gasteiger partial charge in [-0.2, -0.15) is 0 Å². The number of hydrogen-bond acceptors (Lipinski definition) is 4. The number of nitrogens with two attached hydrogens (primary N) is 1. The summed E-state index contributed by atoms with van der Waals surface area (Å²) in [4.78, 5) is 12.4. The summed E-state index contributed by atoms with van der Waals surface area (Å²) in [6.45, 7) is 1.05. The van der Waals surface area contributed by atoms with Crippen molar-refractivity contribution in [3.05, 3.63) is 23.8 Å². The Morgan fingerprint density at radius 2 is 1.91 bits per heavy atom. The number of rotatable bonds is 7. The largest absolute Gasteiger partial charge is 0.493 e. The van der Waals surface area contributed by atoms with Crippen LogP contribution in [-0.2, 0) is 11.2 Å². The molecule has 122 valence electrons. The second kappa shape index (κ2) is 7.49. The fourth-order valence-corrected chi connectivity index (χ4v) is 3.12. The van der Waals surface area contributed by atoms with Crippen LogP contribution in [-0.4, -0.2) is 33.2 Å². The minimum Gasteiger partial charge on any atom is -0.493 e. The summed E-state index contributed by atoms with van der Waals surface area (Å²) in [6, 6.07) is 5.81. The minimum atomic E-state index is -0.336. The molecular formula is C17H26N2O3. The minimum absolute atomic E-state index is 0.105. The van der Waals surface area contributed by atoms with Crippen LogP contribution in [0.2, 0.25) is 0 Å². The van der Waals surface area contributed by atoms with Crippen molar-refractivity contribution in [1.82, 2.24) is 5.32 Å². The van der Waals surface area contributed by atoms with Gasteiger partial charge in [0.05, 0.1) is 19.6 Å². The summed E-state index contributed by atoms with van der Waals surface area (Å²) in [5, 5.41) is 3.04. The van der Waals surface area contributed by atoms with Crippen LogP contribution in [0.5, 0.6) is 11.5 Å². The van der Waals surface area contributed by atoms with Crippen molar-refractivity contribution < 1.29 is 14.3 Å². The molecule has 1 saturated carbocycles. The Morgan fingerprint density at radius 1 is 1.23 bits per heavy atom. The highest BCUT2D eigenvalue weighted by Crippen LogP contribution is 2.37. The topological polar surface area (TPSA) is 73.6 Å². The predicted molar refractivity (Wildman–Crippen MR) is 86.2 cm³/mol. The SMILES string of the molecule is COc1ccc(CCNC(=O)C2(CN)CCCC2)cc1OC. The molecule has 22 heavy (non-hydrogen) atoms. The van der Waals surface area contributed by atoms with Crippen LogP contribution in [0, 0.1) is 5.41 Å². The third-order valence-corrected chi connectivity index (χ3v) is 4.58. The molecule has 0 atom stereocenters. The van der Waals surface area contributed by atoms with Crippen molar-refractivity contribution in [3.63, 3.8) is 0 Å². The van der Waals surface area contributed by atoms with Crippen LogP contribution in [0.3, 0.4) is 0 Å². The van der Waals surface area contributed by atoms with E-state index in [1.807, 2.05) is 18.2 Å². The van der Waals surface area contributed by atoms with E-state index in [2.05, 4.69) is 5.32 Å². The zero-order valence-corrected chi connectivity index (χ0v) is 13.5. The van der Waals surface area contributed by atoms with Gasteiger partial charge in [0.25, 0.3) is 0 Å². The highest BCUT2D eigenvalue weighted by Gasteiger charge is 2.39. The van der Waals surface area contributed by atoms with Crippen LogP contribution >= 0.6 is 0 Å². The monoisotopic (exact) mass is 306 g/mol. The lowest BCUT2D eigenvalue weighted by Gasteiger charge is -2.25. The van der Waals surface area contributed by atoms with E-state index >= 15 is 0 Å². The summed E-state index contributed by atoms with van der Waals surface area (Å²) in [6.07, 6.45) is 4.77. The smallest absolute Gasteiger partial charge is 0.227 e. The Labute approximate surface area is 132 Å². The zero-order chi connectivity index (χ0) is 16.0. The maximum Gasteiger partial charge on any atom is 0.227 e. The molecule has 1 aliphatic rings. The van der Waals surface area contributed by atoms with Crippen molar-refractivity contribution in [2.45, 2.75) is 32.1 Å². The maximum atomic E-state index is 12.4. The van der Waals surface area contributed by atoms with Gasteiger partial charge in [0.1, 0.15) is 0 Å². The summed E-state index contributed by atoms with van der Waals surface area (Å²) < 4.78 is 10.5. The Bertz CT molecular complexity index is 511. The normalized spacial score (nSPS) is 16.3. The number of amides is 1. The molecule has 0 aromatic heterocycles. The molecule has 0 aliphatic heterocycles. The predicted octanol–water partition coefficient (Wildman–Crippen LogP) is 1.88. The Morgan fingerprint density at radius 3 is 2.50 bits per heavy atom. The lowest BCUT2D eigenvalue weighted by atomic mass is 9.85. The molecular weight excluding hydrogens is 280 g/mol. The number of benzene rings is 1. The van der Waals surface area contributed by atoms with E-state index in [1.54, 1.807) is 14.2 Å². The van der Waals surface area contributed by atoms with Crippen LogP contribution in [0.15, 0.2) is 18.2 Å². The first-order valence-corrected chi connectivity index (χ1v) is 7.84. The Kier molecular flexibility index (Phi) is 5.66. The van der Waals surface area contributed by atoms with E-state index in [1.165, 1.54) is 0 Å². The molecule has 1 fully saturated rings. The Balaban J connectivity index is 1.89. The van der Waals surface area contributed by atoms with Gasteiger partial charge < -0.3 is 20.5 Å². The Hall–Kier alpha value is -1.75. The molecule has 1 aliphatic carbocycles. The third-order valence-electron chi connectivity index (χ3n) is 4.58. The van der Waals surface area contributed by atoms with Gasteiger partial charge in [0.15, 0.2) is 11.5 Å². The molecule has 2 rings (SSSR count). The first-order valence-electron chi connectivity index (χ1n) is 7.84. The maximum absolute atomic E-state index is 12.4. The average Bonchev–Trinajstić information content (AvgIpc) is 3.04. The van der Waals surface area contributed by atoms with Gasteiger partial charge in [-0.05, 0) is 37.0 Å². The molecule has 0 heterocycles. The third kappa shape index (κ3) is 3.53. The molecule has 0 unspecified atom stereocenters. The number of methoxy groups -OCH3 is 2. The van der Waals surface area contributed by atoms with Crippen molar-refractivity contribution in [1.29, 1.82) is 0 Å². The van der Waals surface area contributed by atoms with E-state index in [0.29, 0.717) is 24.6 Å². The summed E-state index contributed by atoms with van der Waals surface area (Å²) in [7, 11) is 3.24. The fourth-order valence-electron chi connectivity index (χ4n) is 3.12. The van der Waals surface area contributed by atoms with E-state index in [4.69, 9.17) is 15.2 Å². The molecule has 3 N–H and O–H groups in total. The highest BCUT2D eigenvalue weighted by atomic mass is 16.5. The fraction of sp³-hybridized carbons (Fsp3) is 0.588. The number of carbonyl (C=O) groups excluding carboxylic acids is 1. The standard InChI is InChI=1S/C17H26N2O3/c1-21-14-6-5-13(11-15(14)22-2)7-10-19-16(20)17(12-18)8-3-4-9-17/h5-6,11H,3-4,7-10,12,18H2,1-2H3,(H,19,20). The first kappa shape index (κ1) is 16.6. The molecule has 0 spiro atoms. The lowest BCUT2D eigenvalue weighted by Crippen LogP contribution is -2.44. The van der Waals surface area contributed by atoms with Gasteiger partial charge in [0.2, 0.25) is 5.91 Å². The average molecular weight is 306 g/mol. The van der Waals surface area contributed by atoms with Gasteiger partial charge >= 0.3 is 0 Å². The van der Waals surface area contributed by atoms with Gasteiger partial charge in [-0.1, -0.05) is 18.9 Å². The zero-order valence-electron chi connectivity index (χ0n) is 13.5. The molecule has 1 amide bonds. The molecule has 5 heteroatoms. The van der Waals surface area contributed by atoms with Crippen molar-refractivity contribution >= 4 is 5.91 Å². The van der Waals surface area contributed by atoms with Crippen LogP contribution in [0.25, 0.3) is 0 Å². The molecule has 0 radical (unpaired) electrons. The van der Waals surface area contributed by atoms with E-state index < -0.39 is 0 Å². The van der Waals surface area contributed by atoms with Gasteiger partial charge in [0, 0.05) is 13.1 Å². The summed E-state index contributed by atoms with van der Waals surface area (Å²) >= 11 is 0. The van der Waals surface area contributed by atoms with Crippen LogP contribution < -0.4 is 20.5 Å². The highest BCUT2D eigenvalue weighted by molar-refractivity contribution is 5.83. The molecule has 0 bridgehead atoms.